The second-order valence-corrected chi connectivity index (χ2v) is 4.73. The minimum Gasteiger partial charge on any atom is -0.484 e. The summed E-state index contributed by atoms with van der Waals surface area (Å²) in [4.78, 5) is 0. The van der Waals surface area contributed by atoms with Crippen LogP contribution in [0.5, 0.6) is 5.75 Å². The SMILES string of the molecule is FC(F)(F)COc1ccc(COC2CC[N]CC2)cc1. The maximum atomic E-state index is 12.0. The van der Waals surface area contributed by atoms with Gasteiger partial charge in [0, 0.05) is 13.1 Å². The van der Waals surface area contributed by atoms with Gasteiger partial charge >= 0.3 is 6.18 Å². The lowest BCUT2D eigenvalue weighted by Gasteiger charge is -2.22. The first kappa shape index (κ1) is 15.1. The minimum absolute atomic E-state index is 0.211. The molecule has 2 rings (SSSR count). The van der Waals surface area contributed by atoms with E-state index in [1.54, 1.807) is 12.1 Å². The number of benzene rings is 1. The largest absolute Gasteiger partial charge is 0.484 e. The molecule has 1 aromatic carbocycles. The van der Waals surface area contributed by atoms with Crippen molar-refractivity contribution in [2.24, 2.45) is 0 Å². The topological polar surface area (TPSA) is 32.6 Å². The van der Waals surface area contributed by atoms with Gasteiger partial charge < -0.3 is 9.47 Å². The zero-order valence-corrected chi connectivity index (χ0v) is 11.0. The van der Waals surface area contributed by atoms with Crippen molar-refractivity contribution in [3.8, 4) is 5.75 Å². The van der Waals surface area contributed by atoms with Crippen LogP contribution in [0.1, 0.15) is 18.4 Å². The summed E-state index contributed by atoms with van der Waals surface area (Å²) >= 11 is 0. The molecule has 1 aliphatic rings. The van der Waals surface area contributed by atoms with Crippen molar-refractivity contribution in [1.29, 1.82) is 0 Å². The molecular weight excluding hydrogens is 271 g/mol. The average Bonchev–Trinajstić information content (AvgIpc) is 2.44. The Hall–Kier alpha value is -1.27. The van der Waals surface area contributed by atoms with Crippen molar-refractivity contribution in [2.75, 3.05) is 19.7 Å². The lowest BCUT2D eigenvalue weighted by molar-refractivity contribution is -0.153. The van der Waals surface area contributed by atoms with Gasteiger partial charge in [-0.1, -0.05) is 12.1 Å². The van der Waals surface area contributed by atoms with Gasteiger partial charge in [0.1, 0.15) is 5.75 Å². The number of hydrogen-bond donors (Lipinski definition) is 0. The second kappa shape index (κ2) is 6.95. The first-order chi connectivity index (χ1) is 9.53. The van der Waals surface area contributed by atoms with E-state index >= 15 is 0 Å². The standard InChI is InChI=1S/C14H17F3NO2/c15-14(16,17)10-20-12-3-1-11(2-4-12)9-19-13-5-7-18-8-6-13/h1-4,13H,5-10H2. The Labute approximate surface area is 116 Å². The third kappa shape index (κ3) is 5.38. The van der Waals surface area contributed by atoms with E-state index in [1.165, 1.54) is 12.1 Å². The third-order valence-corrected chi connectivity index (χ3v) is 3.03. The Kier molecular flexibility index (Phi) is 5.25. The van der Waals surface area contributed by atoms with Gasteiger partial charge in [-0.25, -0.2) is 5.32 Å². The van der Waals surface area contributed by atoms with Gasteiger partial charge in [0.15, 0.2) is 6.61 Å². The van der Waals surface area contributed by atoms with Crippen molar-refractivity contribution in [1.82, 2.24) is 5.32 Å². The average molecular weight is 288 g/mol. The molecule has 0 unspecified atom stereocenters. The van der Waals surface area contributed by atoms with Crippen LogP contribution in [0.4, 0.5) is 13.2 Å². The molecule has 6 heteroatoms. The van der Waals surface area contributed by atoms with Gasteiger partial charge in [0.05, 0.1) is 12.7 Å². The van der Waals surface area contributed by atoms with Crippen molar-refractivity contribution in [3.63, 3.8) is 0 Å². The summed E-state index contributed by atoms with van der Waals surface area (Å²) in [5.74, 6) is 0.211. The van der Waals surface area contributed by atoms with Crippen LogP contribution in [-0.4, -0.2) is 32.0 Å². The molecule has 0 aromatic heterocycles. The summed E-state index contributed by atoms with van der Waals surface area (Å²) in [5, 5.41) is 4.25. The molecule has 0 aliphatic carbocycles. The van der Waals surface area contributed by atoms with Crippen molar-refractivity contribution in [2.45, 2.75) is 31.7 Å². The number of ether oxygens (including phenoxy) is 2. The Bertz CT molecular complexity index is 400. The van der Waals surface area contributed by atoms with Crippen LogP contribution in [0, 0.1) is 0 Å². The van der Waals surface area contributed by atoms with Crippen molar-refractivity contribution in [3.05, 3.63) is 29.8 Å². The van der Waals surface area contributed by atoms with Gasteiger partial charge in [-0.2, -0.15) is 13.2 Å². The molecule has 0 bridgehead atoms. The van der Waals surface area contributed by atoms with Crippen LogP contribution in [0.2, 0.25) is 0 Å². The second-order valence-electron chi connectivity index (χ2n) is 4.73. The van der Waals surface area contributed by atoms with E-state index in [4.69, 9.17) is 4.74 Å². The van der Waals surface area contributed by atoms with Crippen LogP contribution < -0.4 is 10.1 Å². The monoisotopic (exact) mass is 288 g/mol. The Morgan fingerprint density at radius 1 is 1.10 bits per heavy atom. The molecule has 1 aliphatic heterocycles. The number of nitrogens with zero attached hydrogens (tertiary/aromatic N) is 1. The summed E-state index contributed by atoms with van der Waals surface area (Å²) in [5.41, 5.74) is 0.923. The minimum atomic E-state index is -4.31. The summed E-state index contributed by atoms with van der Waals surface area (Å²) in [6, 6.07) is 6.50. The smallest absolute Gasteiger partial charge is 0.422 e. The number of halogens is 3. The fraction of sp³-hybridized carbons (Fsp3) is 0.571. The van der Waals surface area contributed by atoms with E-state index in [2.05, 4.69) is 10.1 Å². The maximum absolute atomic E-state index is 12.0. The molecule has 3 nitrogen and oxygen atoms in total. The van der Waals surface area contributed by atoms with Gasteiger partial charge in [0.2, 0.25) is 0 Å². The van der Waals surface area contributed by atoms with Gasteiger partial charge in [-0.3, -0.25) is 0 Å². The van der Waals surface area contributed by atoms with Crippen LogP contribution in [0.25, 0.3) is 0 Å². The molecule has 20 heavy (non-hydrogen) atoms. The summed E-state index contributed by atoms with van der Waals surface area (Å²) in [6.45, 7) is 0.877. The number of alkyl halides is 3. The van der Waals surface area contributed by atoms with Crippen LogP contribution in [-0.2, 0) is 11.3 Å². The predicted octanol–water partition coefficient (Wildman–Crippen LogP) is 2.91. The molecule has 1 aromatic rings. The highest BCUT2D eigenvalue weighted by molar-refractivity contribution is 5.26. The van der Waals surface area contributed by atoms with Crippen molar-refractivity contribution < 1.29 is 22.6 Å². The third-order valence-electron chi connectivity index (χ3n) is 3.03. The first-order valence-electron chi connectivity index (χ1n) is 6.56. The molecule has 0 spiro atoms. The highest BCUT2D eigenvalue weighted by Gasteiger charge is 2.28. The molecule has 111 valence electrons. The Balaban J connectivity index is 1.76. The molecule has 1 fully saturated rings. The quantitative estimate of drug-likeness (QED) is 0.834. The fourth-order valence-corrected chi connectivity index (χ4v) is 1.95. The van der Waals surface area contributed by atoms with E-state index in [1.807, 2.05) is 0 Å². The molecule has 0 N–H and O–H groups in total. The molecule has 1 radical (unpaired) electrons. The Morgan fingerprint density at radius 2 is 1.75 bits per heavy atom. The fourth-order valence-electron chi connectivity index (χ4n) is 1.95. The lowest BCUT2D eigenvalue weighted by atomic mass is 10.1. The number of rotatable bonds is 5. The van der Waals surface area contributed by atoms with Crippen LogP contribution in [0.3, 0.4) is 0 Å². The Morgan fingerprint density at radius 3 is 2.35 bits per heavy atom. The molecule has 1 saturated heterocycles. The molecule has 1 heterocycles. The molecule has 0 atom stereocenters. The van der Waals surface area contributed by atoms with Crippen LogP contribution in [0.15, 0.2) is 24.3 Å². The van der Waals surface area contributed by atoms with E-state index < -0.39 is 12.8 Å². The first-order valence-corrected chi connectivity index (χ1v) is 6.56. The zero-order chi connectivity index (χ0) is 14.4. The lowest BCUT2D eigenvalue weighted by Crippen LogP contribution is -2.28. The number of hydrogen-bond acceptors (Lipinski definition) is 2. The highest BCUT2D eigenvalue weighted by atomic mass is 19.4. The van der Waals surface area contributed by atoms with E-state index in [0.717, 1.165) is 31.5 Å². The van der Waals surface area contributed by atoms with Gasteiger partial charge in [-0.05, 0) is 30.5 Å². The van der Waals surface area contributed by atoms with Crippen molar-refractivity contribution >= 4 is 0 Å². The molecule has 0 amide bonds. The maximum Gasteiger partial charge on any atom is 0.422 e. The normalized spacial score (nSPS) is 17.1. The van der Waals surface area contributed by atoms with Crippen LogP contribution >= 0.6 is 0 Å². The van der Waals surface area contributed by atoms with Gasteiger partial charge in [0.25, 0.3) is 0 Å². The summed E-state index contributed by atoms with van der Waals surface area (Å²) < 4.78 is 46.4. The van der Waals surface area contributed by atoms with E-state index in [0.29, 0.717) is 6.61 Å². The van der Waals surface area contributed by atoms with Gasteiger partial charge in [-0.15, -0.1) is 0 Å². The zero-order valence-electron chi connectivity index (χ0n) is 11.0. The van der Waals surface area contributed by atoms with E-state index in [-0.39, 0.29) is 11.9 Å². The molecule has 0 saturated carbocycles. The summed E-state index contributed by atoms with van der Waals surface area (Å²) in [6.07, 6.45) is -2.21. The highest BCUT2D eigenvalue weighted by Crippen LogP contribution is 2.19. The predicted molar refractivity (Wildman–Crippen MR) is 67.7 cm³/mol. The summed E-state index contributed by atoms with van der Waals surface area (Å²) in [7, 11) is 0. The molecular formula is C14H17F3NO2. The number of piperidine rings is 1. The van der Waals surface area contributed by atoms with E-state index in [9.17, 15) is 13.2 Å².